The first-order valence-electron chi connectivity index (χ1n) is 11.1. The summed E-state index contributed by atoms with van der Waals surface area (Å²) in [6.45, 7) is 4.55. The molecule has 1 aliphatic carbocycles. The second-order valence-electron chi connectivity index (χ2n) is 8.51. The van der Waals surface area contributed by atoms with Crippen molar-refractivity contribution in [3.8, 4) is 0 Å². The van der Waals surface area contributed by atoms with Gasteiger partial charge in [0.2, 0.25) is 5.95 Å². The lowest BCUT2D eigenvalue weighted by Crippen LogP contribution is -2.41. The molecule has 1 aromatic carbocycles. The van der Waals surface area contributed by atoms with Crippen molar-refractivity contribution in [2.24, 2.45) is 0 Å². The van der Waals surface area contributed by atoms with Crippen molar-refractivity contribution in [3.05, 3.63) is 40.1 Å². The van der Waals surface area contributed by atoms with Crippen molar-refractivity contribution < 1.29 is 4.79 Å². The zero-order valence-electron chi connectivity index (χ0n) is 19.0. The van der Waals surface area contributed by atoms with Crippen molar-refractivity contribution in [1.82, 2.24) is 25.1 Å². The Balaban J connectivity index is 1.39. The molecule has 2 N–H and O–H groups in total. The molecule has 2 heterocycles. The Hall–Kier alpha value is -2.68. The first-order chi connectivity index (χ1) is 15.4. The molecule has 1 amide bonds. The predicted molar refractivity (Wildman–Crippen MR) is 131 cm³/mol. The fourth-order valence-corrected chi connectivity index (χ4v) is 4.75. The van der Waals surface area contributed by atoms with E-state index in [0.717, 1.165) is 52.6 Å². The number of aromatic nitrogens is 4. The van der Waals surface area contributed by atoms with Gasteiger partial charge in [0, 0.05) is 38.1 Å². The Labute approximate surface area is 196 Å². The fraction of sp³-hybridized carbons (Fsp3) is 0.478. The molecule has 0 aliphatic heterocycles. The second kappa shape index (κ2) is 9.44. The number of hydrogen-bond acceptors (Lipinski definition) is 6. The van der Waals surface area contributed by atoms with Crippen LogP contribution in [-0.2, 0) is 6.54 Å². The van der Waals surface area contributed by atoms with Crippen LogP contribution in [-0.4, -0.2) is 51.8 Å². The highest BCUT2D eigenvalue weighted by atomic mass is 79.9. The van der Waals surface area contributed by atoms with Gasteiger partial charge >= 0.3 is 0 Å². The number of anilines is 2. The number of nitrogens with zero attached hydrogens (tertiary/aromatic N) is 5. The number of aryl methyl sites for hydroxylation is 2. The third-order valence-electron chi connectivity index (χ3n) is 5.97. The van der Waals surface area contributed by atoms with E-state index < -0.39 is 0 Å². The predicted octanol–water partition coefficient (Wildman–Crippen LogP) is 4.14. The number of halogens is 1. The third-order valence-corrected chi connectivity index (χ3v) is 6.92. The Morgan fingerprint density at radius 2 is 1.84 bits per heavy atom. The number of benzene rings is 1. The van der Waals surface area contributed by atoms with E-state index in [4.69, 9.17) is 9.97 Å². The van der Waals surface area contributed by atoms with Crippen LogP contribution in [0.4, 0.5) is 11.8 Å². The van der Waals surface area contributed by atoms with Crippen LogP contribution >= 0.6 is 15.9 Å². The van der Waals surface area contributed by atoms with Crippen LogP contribution in [0.15, 0.2) is 28.7 Å². The molecule has 0 radical (unpaired) electrons. The Kier molecular flexibility index (Phi) is 6.64. The van der Waals surface area contributed by atoms with Gasteiger partial charge in [-0.3, -0.25) is 9.48 Å². The van der Waals surface area contributed by atoms with Crippen LogP contribution in [0.25, 0.3) is 10.9 Å². The molecular formula is C23H30BrN7O. The van der Waals surface area contributed by atoms with E-state index in [1.165, 1.54) is 0 Å². The van der Waals surface area contributed by atoms with Crippen molar-refractivity contribution in [1.29, 1.82) is 0 Å². The molecule has 0 saturated heterocycles. The number of nitrogens with one attached hydrogen (secondary N) is 2. The molecule has 0 unspecified atom stereocenters. The Bertz CT molecular complexity index is 1120. The minimum atomic E-state index is -0.0655. The van der Waals surface area contributed by atoms with E-state index in [1.54, 1.807) is 4.68 Å². The van der Waals surface area contributed by atoms with Crippen LogP contribution in [0.3, 0.4) is 0 Å². The summed E-state index contributed by atoms with van der Waals surface area (Å²) in [6.07, 6.45) is 3.72. The molecule has 0 spiro atoms. The molecule has 4 rings (SSSR count). The van der Waals surface area contributed by atoms with E-state index >= 15 is 0 Å². The van der Waals surface area contributed by atoms with Gasteiger partial charge in [0.05, 0.1) is 15.7 Å². The fourth-order valence-electron chi connectivity index (χ4n) is 4.29. The maximum absolute atomic E-state index is 12.9. The zero-order chi connectivity index (χ0) is 22.8. The highest BCUT2D eigenvalue weighted by molar-refractivity contribution is 9.10. The summed E-state index contributed by atoms with van der Waals surface area (Å²) in [4.78, 5) is 24.4. The molecule has 8 nitrogen and oxygen atoms in total. The van der Waals surface area contributed by atoms with Crippen molar-refractivity contribution >= 4 is 44.5 Å². The lowest BCUT2D eigenvalue weighted by Gasteiger charge is -2.30. The summed E-state index contributed by atoms with van der Waals surface area (Å²) in [5.74, 6) is 1.50. The zero-order valence-corrected chi connectivity index (χ0v) is 20.6. The molecule has 1 fully saturated rings. The molecule has 2 aromatic heterocycles. The van der Waals surface area contributed by atoms with Crippen molar-refractivity contribution in [2.45, 2.75) is 58.2 Å². The number of para-hydroxylation sites is 1. The highest BCUT2D eigenvalue weighted by Crippen LogP contribution is 2.27. The van der Waals surface area contributed by atoms with Gasteiger partial charge in [-0.1, -0.05) is 12.1 Å². The van der Waals surface area contributed by atoms with Gasteiger partial charge in [-0.25, -0.2) is 4.98 Å². The number of carbonyl (C=O) groups is 1. The van der Waals surface area contributed by atoms with E-state index in [-0.39, 0.29) is 18.0 Å². The van der Waals surface area contributed by atoms with Gasteiger partial charge in [0.25, 0.3) is 5.91 Å². The number of amides is 1. The van der Waals surface area contributed by atoms with Crippen LogP contribution in [0, 0.1) is 6.92 Å². The third kappa shape index (κ3) is 4.57. The van der Waals surface area contributed by atoms with E-state index in [9.17, 15) is 4.79 Å². The molecular weight excluding hydrogens is 470 g/mol. The van der Waals surface area contributed by atoms with Gasteiger partial charge in [-0.2, -0.15) is 10.1 Å². The maximum Gasteiger partial charge on any atom is 0.270 e. The summed E-state index contributed by atoms with van der Waals surface area (Å²) in [7, 11) is 3.99. The minimum Gasteiger partial charge on any atom is -0.362 e. The standard InChI is InChI=1S/C23H30BrN7O/c1-5-31-20(19(24)14(2)29-31)22(32)25-15-10-12-16(13-11-15)26-23-27-18-9-7-6-8-17(18)21(28-23)30(3)4/h6-9,15-16H,5,10-13H2,1-4H3,(H,25,32)(H,26,27,28)/t15-,16+. The molecule has 32 heavy (non-hydrogen) atoms. The molecule has 1 aliphatic rings. The average Bonchev–Trinajstić information content (AvgIpc) is 3.08. The lowest BCUT2D eigenvalue weighted by molar-refractivity contribution is 0.0915. The summed E-state index contributed by atoms with van der Waals surface area (Å²) in [5.41, 5.74) is 2.37. The highest BCUT2D eigenvalue weighted by Gasteiger charge is 2.26. The number of fused-ring (bicyclic) bond motifs is 1. The molecule has 1 saturated carbocycles. The smallest absolute Gasteiger partial charge is 0.270 e. The SMILES string of the molecule is CCn1nc(C)c(Br)c1C(=O)N[C@H]1CC[C@@H](Nc2nc(N(C)C)c3ccccc3n2)CC1. The molecule has 9 heteroatoms. The molecule has 0 atom stereocenters. The average molecular weight is 500 g/mol. The van der Waals surface area contributed by atoms with Gasteiger partial charge < -0.3 is 15.5 Å². The monoisotopic (exact) mass is 499 g/mol. The van der Waals surface area contributed by atoms with E-state index in [1.807, 2.05) is 57.1 Å². The van der Waals surface area contributed by atoms with E-state index in [0.29, 0.717) is 18.2 Å². The number of carbonyl (C=O) groups excluding carboxylic acids is 1. The number of rotatable bonds is 6. The summed E-state index contributed by atoms with van der Waals surface area (Å²) in [5, 5.41) is 12.2. The van der Waals surface area contributed by atoms with Gasteiger partial charge in [-0.05, 0) is 67.6 Å². The quantitative estimate of drug-likeness (QED) is 0.529. The number of hydrogen-bond donors (Lipinski definition) is 2. The lowest BCUT2D eigenvalue weighted by atomic mass is 9.91. The van der Waals surface area contributed by atoms with Crippen LogP contribution in [0.1, 0.15) is 48.8 Å². The maximum atomic E-state index is 12.9. The molecule has 0 bridgehead atoms. The molecule has 3 aromatic rings. The Morgan fingerprint density at radius 1 is 1.16 bits per heavy atom. The first kappa shape index (κ1) is 22.5. The van der Waals surface area contributed by atoms with Crippen LogP contribution in [0.2, 0.25) is 0 Å². The van der Waals surface area contributed by atoms with Gasteiger partial charge in [0.15, 0.2) is 0 Å². The van der Waals surface area contributed by atoms with E-state index in [2.05, 4.69) is 31.7 Å². The van der Waals surface area contributed by atoms with Crippen molar-refractivity contribution in [2.75, 3.05) is 24.3 Å². The minimum absolute atomic E-state index is 0.0655. The first-order valence-corrected chi connectivity index (χ1v) is 11.9. The molecule has 170 valence electrons. The summed E-state index contributed by atoms with van der Waals surface area (Å²) in [6, 6.07) is 8.51. The van der Waals surface area contributed by atoms with Crippen LogP contribution in [0.5, 0.6) is 0 Å². The normalized spacial score (nSPS) is 18.5. The van der Waals surface area contributed by atoms with Gasteiger partial charge in [0.1, 0.15) is 11.5 Å². The summed E-state index contributed by atoms with van der Waals surface area (Å²) < 4.78 is 2.53. The Morgan fingerprint density at radius 3 is 2.53 bits per heavy atom. The second-order valence-corrected chi connectivity index (χ2v) is 9.31. The van der Waals surface area contributed by atoms with Crippen LogP contribution < -0.4 is 15.5 Å². The van der Waals surface area contributed by atoms with Gasteiger partial charge in [-0.15, -0.1) is 0 Å². The topological polar surface area (TPSA) is 88.0 Å². The summed E-state index contributed by atoms with van der Waals surface area (Å²) >= 11 is 3.52. The largest absolute Gasteiger partial charge is 0.362 e. The van der Waals surface area contributed by atoms with Crippen molar-refractivity contribution in [3.63, 3.8) is 0 Å².